The summed E-state index contributed by atoms with van der Waals surface area (Å²) in [6.07, 6.45) is 5.57. The number of methoxy groups -OCH3 is 1. The van der Waals surface area contributed by atoms with Crippen molar-refractivity contribution in [1.82, 2.24) is 9.21 Å². The van der Waals surface area contributed by atoms with E-state index in [0.717, 1.165) is 49.8 Å². The predicted octanol–water partition coefficient (Wildman–Crippen LogP) is 3.83. The van der Waals surface area contributed by atoms with Crippen LogP contribution in [-0.4, -0.2) is 50.3 Å². The first-order valence-corrected chi connectivity index (χ1v) is 12.0. The Morgan fingerprint density at radius 3 is 2.37 bits per heavy atom. The highest BCUT2D eigenvalue weighted by Gasteiger charge is 2.33. The smallest absolute Gasteiger partial charge is 0.290 e. The lowest BCUT2D eigenvalue weighted by molar-refractivity contribution is 0.0642. The number of carbonyl (C=O) groups is 1. The van der Waals surface area contributed by atoms with E-state index in [4.69, 9.17) is 9.15 Å². The second kappa shape index (κ2) is 8.81. The molecule has 0 spiro atoms. The number of nitrogens with zero attached hydrogens (tertiary/aromatic N) is 2. The van der Waals surface area contributed by atoms with Crippen LogP contribution in [0.5, 0.6) is 5.75 Å². The first-order valence-electron chi connectivity index (χ1n) is 10.6. The van der Waals surface area contributed by atoms with Gasteiger partial charge in [-0.3, -0.25) is 4.79 Å². The van der Waals surface area contributed by atoms with Crippen LogP contribution in [0.25, 0.3) is 0 Å². The van der Waals surface area contributed by atoms with Gasteiger partial charge in [-0.15, -0.1) is 0 Å². The van der Waals surface area contributed by atoms with Gasteiger partial charge in [0, 0.05) is 19.6 Å². The molecule has 2 aliphatic heterocycles. The summed E-state index contributed by atoms with van der Waals surface area (Å²) in [7, 11) is -2.05. The van der Waals surface area contributed by atoms with E-state index in [0.29, 0.717) is 19.6 Å². The molecule has 1 amide bonds. The monoisotopic (exact) mass is 432 g/mol. The molecular formula is C22H28N2O5S. The van der Waals surface area contributed by atoms with Gasteiger partial charge >= 0.3 is 0 Å². The lowest BCUT2D eigenvalue weighted by Crippen LogP contribution is -2.34. The van der Waals surface area contributed by atoms with E-state index in [9.17, 15) is 13.2 Å². The molecule has 2 saturated heterocycles. The third-order valence-electron chi connectivity index (χ3n) is 5.97. The molecule has 0 aliphatic carbocycles. The third kappa shape index (κ3) is 4.11. The number of hydrogen-bond donors (Lipinski definition) is 0. The molecule has 0 bridgehead atoms. The van der Waals surface area contributed by atoms with E-state index in [1.807, 2.05) is 29.2 Å². The SMILES string of the molecule is COc1ccc([C@@H]2CCCCCN2C(=O)c2ccc(S(=O)(=O)N3CCCC3)o2)cc1. The minimum atomic E-state index is -3.68. The molecule has 4 rings (SSSR count). The van der Waals surface area contributed by atoms with Crippen molar-refractivity contribution in [3.05, 3.63) is 47.7 Å². The Bertz CT molecular complexity index is 977. The summed E-state index contributed by atoms with van der Waals surface area (Å²) >= 11 is 0. The summed E-state index contributed by atoms with van der Waals surface area (Å²) in [5, 5.41) is -0.149. The Kier molecular flexibility index (Phi) is 6.15. The summed E-state index contributed by atoms with van der Waals surface area (Å²) in [5.41, 5.74) is 1.04. The maximum absolute atomic E-state index is 13.3. The highest BCUT2D eigenvalue weighted by atomic mass is 32.2. The van der Waals surface area contributed by atoms with Crippen molar-refractivity contribution >= 4 is 15.9 Å². The molecule has 7 nitrogen and oxygen atoms in total. The number of likely N-dealkylation sites (tertiary alicyclic amines) is 1. The fourth-order valence-corrected chi connectivity index (χ4v) is 5.72. The summed E-state index contributed by atoms with van der Waals surface area (Å²) in [4.78, 5) is 15.1. The van der Waals surface area contributed by atoms with Crippen LogP contribution in [0.15, 0.2) is 45.9 Å². The standard InChI is InChI=1S/C22H28N2O5S/c1-28-18-10-8-17(9-11-18)19-7-3-2-4-16-24(19)22(25)20-12-13-21(29-20)30(26,27)23-14-5-6-15-23/h8-13,19H,2-7,14-16H2,1H3/t19-/m0/s1. The fraction of sp³-hybridized carbons (Fsp3) is 0.500. The van der Waals surface area contributed by atoms with E-state index in [1.165, 1.54) is 16.4 Å². The van der Waals surface area contributed by atoms with E-state index in [1.54, 1.807) is 7.11 Å². The van der Waals surface area contributed by atoms with Gasteiger partial charge in [0.2, 0.25) is 5.09 Å². The van der Waals surface area contributed by atoms with Gasteiger partial charge in [-0.2, -0.15) is 4.31 Å². The quantitative estimate of drug-likeness (QED) is 0.717. The lowest BCUT2D eigenvalue weighted by Gasteiger charge is -2.30. The minimum Gasteiger partial charge on any atom is -0.497 e. The van der Waals surface area contributed by atoms with Gasteiger partial charge in [-0.25, -0.2) is 8.42 Å². The predicted molar refractivity (Wildman–Crippen MR) is 112 cm³/mol. The van der Waals surface area contributed by atoms with E-state index < -0.39 is 10.0 Å². The number of amides is 1. The molecule has 30 heavy (non-hydrogen) atoms. The van der Waals surface area contributed by atoms with Gasteiger partial charge in [0.15, 0.2) is 5.76 Å². The molecule has 2 aromatic rings. The van der Waals surface area contributed by atoms with E-state index in [-0.39, 0.29) is 22.8 Å². The number of rotatable bonds is 5. The number of benzene rings is 1. The van der Waals surface area contributed by atoms with Crippen LogP contribution in [0.2, 0.25) is 0 Å². The number of hydrogen-bond acceptors (Lipinski definition) is 5. The fourth-order valence-electron chi connectivity index (χ4n) is 4.30. The van der Waals surface area contributed by atoms with Crippen molar-refractivity contribution in [3.8, 4) is 5.75 Å². The number of carbonyl (C=O) groups excluding carboxylic acids is 1. The maximum Gasteiger partial charge on any atom is 0.290 e. The molecule has 162 valence electrons. The molecule has 1 aromatic heterocycles. The molecule has 0 N–H and O–H groups in total. The molecule has 2 aliphatic rings. The zero-order chi connectivity index (χ0) is 21.1. The molecule has 0 radical (unpaired) electrons. The number of ether oxygens (including phenoxy) is 1. The molecule has 3 heterocycles. The Balaban J connectivity index is 1.59. The molecular weight excluding hydrogens is 404 g/mol. The van der Waals surface area contributed by atoms with Crippen LogP contribution in [0.3, 0.4) is 0 Å². The summed E-state index contributed by atoms with van der Waals surface area (Å²) in [6, 6.07) is 10.6. The third-order valence-corrected chi connectivity index (χ3v) is 7.74. The maximum atomic E-state index is 13.3. The Morgan fingerprint density at radius 2 is 1.67 bits per heavy atom. The Labute approximate surface area is 177 Å². The first-order chi connectivity index (χ1) is 14.5. The van der Waals surface area contributed by atoms with Crippen LogP contribution >= 0.6 is 0 Å². The van der Waals surface area contributed by atoms with Gasteiger partial charge in [-0.1, -0.05) is 25.0 Å². The first kappa shape index (κ1) is 20.9. The summed E-state index contributed by atoms with van der Waals surface area (Å²) in [5.74, 6) is 0.585. The highest BCUT2D eigenvalue weighted by Crippen LogP contribution is 2.33. The average Bonchev–Trinajstić information content (AvgIpc) is 3.42. The zero-order valence-electron chi connectivity index (χ0n) is 17.2. The molecule has 0 saturated carbocycles. The van der Waals surface area contributed by atoms with Crippen molar-refractivity contribution in [2.75, 3.05) is 26.7 Å². The largest absolute Gasteiger partial charge is 0.497 e. The second-order valence-electron chi connectivity index (χ2n) is 7.87. The number of furan rings is 1. The Morgan fingerprint density at radius 1 is 0.967 bits per heavy atom. The van der Waals surface area contributed by atoms with Crippen molar-refractivity contribution in [2.45, 2.75) is 49.7 Å². The van der Waals surface area contributed by atoms with Gasteiger partial charge in [0.25, 0.3) is 15.9 Å². The van der Waals surface area contributed by atoms with Crippen molar-refractivity contribution < 1.29 is 22.4 Å². The molecule has 2 fully saturated rings. The summed E-state index contributed by atoms with van der Waals surface area (Å²) in [6.45, 7) is 1.61. The molecule has 0 unspecified atom stereocenters. The minimum absolute atomic E-state index is 0.0744. The van der Waals surface area contributed by atoms with Crippen LogP contribution in [0, 0.1) is 0 Å². The van der Waals surface area contributed by atoms with Gasteiger partial charge in [0.05, 0.1) is 13.2 Å². The average molecular weight is 433 g/mol. The van der Waals surface area contributed by atoms with E-state index in [2.05, 4.69) is 0 Å². The van der Waals surface area contributed by atoms with Gasteiger partial charge in [0.1, 0.15) is 5.75 Å². The molecule has 8 heteroatoms. The summed E-state index contributed by atoms with van der Waals surface area (Å²) < 4.78 is 37.8. The zero-order valence-corrected chi connectivity index (χ0v) is 18.1. The van der Waals surface area contributed by atoms with Crippen molar-refractivity contribution in [3.63, 3.8) is 0 Å². The van der Waals surface area contributed by atoms with Crippen LogP contribution in [0.4, 0.5) is 0 Å². The van der Waals surface area contributed by atoms with Crippen molar-refractivity contribution in [1.29, 1.82) is 0 Å². The normalized spacial score (nSPS) is 20.8. The highest BCUT2D eigenvalue weighted by molar-refractivity contribution is 7.89. The lowest BCUT2D eigenvalue weighted by atomic mass is 10.0. The van der Waals surface area contributed by atoms with Crippen molar-refractivity contribution in [2.24, 2.45) is 0 Å². The van der Waals surface area contributed by atoms with E-state index >= 15 is 0 Å². The Hall–Kier alpha value is -2.32. The van der Waals surface area contributed by atoms with Crippen LogP contribution < -0.4 is 4.74 Å². The van der Waals surface area contributed by atoms with Gasteiger partial charge < -0.3 is 14.1 Å². The second-order valence-corrected chi connectivity index (χ2v) is 9.74. The molecule has 1 aromatic carbocycles. The number of sulfonamides is 1. The van der Waals surface area contributed by atoms with Crippen LogP contribution in [-0.2, 0) is 10.0 Å². The topological polar surface area (TPSA) is 80.1 Å². The van der Waals surface area contributed by atoms with Crippen LogP contribution in [0.1, 0.15) is 60.7 Å². The molecule has 1 atom stereocenters. The van der Waals surface area contributed by atoms with Gasteiger partial charge in [-0.05, 0) is 55.5 Å².